The number of aromatic nitrogens is 3. The smallest absolute Gasteiger partial charge is 0.162 e. The Labute approximate surface area is 176 Å². The molecule has 0 bridgehead atoms. The minimum atomic E-state index is -0.414. The van der Waals surface area contributed by atoms with Crippen molar-refractivity contribution in [3.8, 4) is 11.4 Å². The van der Waals surface area contributed by atoms with E-state index in [4.69, 9.17) is 9.97 Å². The summed E-state index contributed by atoms with van der Waals surface area (Å²) in [6.07, 6.45) is 4.98. The number of benzene rings is 2. The largest absolute Gasteiger partial charge is 0.388 e. The van der Waals surface area contributed by atoms with Gasteiger partial charge in [-0.1, -0.05) is 42.5 Å². The van der Waals surface area contributed by atoms with Crippen LogP contribution in [-0.2, 0) is 0 Å². The van der Waals surface area contributed by atoms with Gasteiger partial charge < -0.3 is 10.0 Å². The molecule has 0 aliphatic carbocycles. The lowest BCUT2D eigenvalue weighted by molar-refractivity contribution is 0.0929. The van der Waals surface area contributed by atoms with Gasteiger partial charge in [0.15, 0.2) is 5.82 Å². The molecule has 30 heavy (non-hydrogen) atoms. The van der Waals surface area contributed by atoms with Crippen molar-refractivity contribution in [2.24, 2.45) is 5.92 Å². The minimum Gasteiger partial charge on any atom is -0.388 e. The van der Waals surface area contributed by atoms with Crippen molar-refractivity contribution in [1.29, 1.82) is 0 Å². The Bertz CT molecular complexity index is 1130. The molecule has 1 N–H and O–H groups in total. The van der Waals surface area contributed by atoms with E-state index in [0.717, 1.165) is 59.6 Å². The third-order valence-corrected chi connectivity index (χ3v) is 5.95. The summed E-state index contributed by atoms with van der Waals surface area (Å²) in [5.74, 6) is 1.95. The topological polar surface area (TPSA) is 62.1 Å². The molecule has 0 saturated carbocycles. The second-order valence-electron chi connectivity index (χ2n) is 7.80. The number of nitrogens with zero attached hydrogens (tertiary/aromatic N) is 4. The molecule has 1 aliphatic rings. The summed E-state index contributed by atoms with van der Waals surface area (Å²) in [5, 5.41) is 11.9. The lowest BCUT2D eigenvalue weighted by Crippen LogP contribution is -2.36. The average molecular weight is 396 g/mol. The SMILES string of the molecule is O[C@H](c1ccccc1)C1CCN(c2nc(-c3ccncc3)nc3ccccc23)CC1. The van der Waals surface area contributed by atoms with Crippen molar-refractivity contribution in [2.75, 3.05) is 18.0 Å². The highest BCUT2D eigenvalue weighted by molar-refractivity contribution is 5.91. The molecule has 1 atom stereocenters. The van der Waals surface area contributed by atoms with Crippen LogP contribution in [0.15, 0.2) is 79.1 Å². The summed E-state index contributed by atoms with van der Waals surface area (Å²) in [6.45, 7) is 1.73. The van der Waals surface area contributed by atoms with E-state index in [-0.39, 0.29) is 5.92 Å². The van der Waals surface area contributed by atoms with Crippen LogP contribution in [0.4, 0.5) is 5.82 Å². The van der Waals surface area contributed by atoms with E-state index in [2.05, 4.69) is 16.0 Å². The quantitative estimate of drug-likeness (QED) is 0.544. The second-order valence-corrected chi connectivity index (χ2v) is 7.80. The second kappa shape index (κ2) is 8.20. The van der Waals surface area contributed by atoms with Gasteiger partial charge in [-0.3, -0.25) is 4.98 Å². The molecule has 1 fully saturated rings. The first-order valence-electron chi connectivity index (χ1n) is 10.4. The van der Waals surface area contributed by atoms with Crippen molar-refractivity contribution in [3.05, 3.63) is 84.7 Å². The van der Waals surface area contributed by atoms with Gasteiger partial charge in [0.05, 0.1) is 11.6 Å². The molecule has 1 aliphatic heterocycles. The van der Waals surface area contributed by atoms with Gasteiger partial charge in [0.25, 0.3) is 0 Å². The van der Waals surface area contributed by atoms with E-state index in [1.165, 1.54) is 0 Å². The molecule has 2 aromatic carbocycles. The number of hydrogen-bond acceptors (Lipinski definition) is 5. The Hall–Kier alpha value is -3.31. The molecule has 0 radical (unpaired) electrons. The Kier molecular flexibility index (Phi) is 5.11. The maximum atomic E-state index is 10.8. The number of aliphatic hydroxyl groups excluding tert-OH is 1. The number of para-hydroxylation sites is 1. The summed E-state index contributed by atoms with van der Waals surface area (Å²) < 4.78 is 0. The Morgan fingerprint density at radius 3 is 2.30 bits per heavy atom. The van der Waals surface area contributed by atoms with Gasteiger partial charge in [-0.25, -0.2) is 9.97 Å². The first-order chi connectivity index (χ1) is 14.8. The molecule has 5 heteroatoms. The van der Waals surface area contributed by atoms with Crippen molar-refractivity contribution in [3.63, 3.8) is 0 Å². The molecular formula is C25H24N4O. The van der Waals surface area contributed by atoms with E-state index in [9.17, 15) is 5.11 Å². The monoisotopic (exact) mass is 396 g/mol. The molecule has 2 aromatic heterocycles. The molecule has 4 aromatic rings. The van der Waals surface area contributed by atoms with Gasteiger partial charge in [0.1, 0.15) is 5.82 Å². The molecule has 150 valence electrons. The fourth-order valence-corrected chi connectivity index (χ4v) is 4.28. The molecule has 0 amide bonds. The van der Waals surface area contributed by atoms with Crippen LogP contribution in [0.25, 0.3) is 22.3 Å². The lowest BCUT2D eigenvalue weighted by atomic mass is 9.87. The van der Waals surface area contributed by atoms with Crippen LogP contribution in [0.3, 0.4) is 0 Å². The van der Waals surface area contributed by atoms with Gasteiger partial charge in [-0.05, 0) is 48.6 Å². The molecule has 5 nitrogen and oxygen atoms in total. The highest BCUT2D eigenvalue weighted by Gasteiger charge is 2.27. The minimum absolute atomic E-state index is 0.261. The zero-order chi connectivity index (χ0) is 20.3. The summed E-state index contributed by atoms with van der Waals surface area (Å²) in [7, 11) is 0. The van der Waals surface area contributed by atoms with Crippen LogP contribution in [0, 0.1) is 5.92 Å². The molecule has 0 spiro atoms. The van der Waals surface area contributed by atoms with E-state index >= 15 is 0 Å². The van der Waals surface area contributed by atoms with Crippen molar-refractivity contribution >= 4 is 16.7 Å². The number of piperidine rings is 1. The van der Waals surface area contributed by atoms with Gasteiger partial charge >= 0.3 is 0 Å². The highest BCUT2D eigenvalue weighted by Crippen LogP contribution is 2.34. The fraction of sp³-hybridized carbons (Fsp3) is 0.240. The molecular weight excluding hydrogens is 372 g/mol. The molecule has 0 unspecified atom stereocenters. The van der Waals surface area contributed by atoms with Crippen molar-refractivity contribution in [2.45, 2.75) is 18.9 Å². The summed E-state index contributed by atoms with van der Waals surface area (Å²) in [4.78, 5) is 16.2. The van der Waals surface area contributed by atoms with Crippen LogP contribution >= 0.6 is 0 Å². The Morgan fingerprint density at radius 2 is 1.53 bits per heavy atom. The zero-order valence-corrected chi connectivity index (χ0v) is 16.7. The standard InChI is InChI=1S/C25H24N4O/c30-23(18-6-2-1-3-7-18)19-12-16-29(17-13-19)25-21-8-4-5-9-22(21)27-24(28-25)20-10-14-26-15-11-20/h1-11,14-15,19,23,30H,12-13,16-17H2/t23-/m1/s1. The maximum Gasteiger partial charge on any atom is 0.162 e. The lowest BCUT2D eigenvalue weighted by Gasteiger charge is -2.35. The number of anilines is 1. The van der Waals surface area contributed by atoms with Crippen LogP contribution < -0.4 is 4.90 Å². The third kappa shape index (κ3) is 3.64. The number of fused-ring (bicyclic) bond motifs is 1. The number of pyridine rings is 1. The Morgan fingerprint density at radius 1 is 0.833 bits per heavy atom. The summed E-state index contributed by atoms with van der Waals surface area (Å²) in [6, 6.07) is 22.0. The zero-order valence-electron chi connectivity index (χ0n) is 16.7. The van der Waals surface area contributed by atoms with Crippen molar-refractivity contribution < 1.29 is 5.11 Å². The van der Waals surface area contributed by atoms with E-state index in [1.54, 1.807) is 12.4 Å². The van der Waals surface area contributed by atoms with Gasteiger partial charge in [-0.2, -0.15) is 0 Å². The van der Waals surface area contributed by atoms with Gasteiger partial charge in [-0.15, -0.1) is 0 Å². The molecule has 1 saturated heterocycles. The average Bonchev–Trinajstić information content (AvgIpc) is 2.84. The maximum absolute atomic E-state index is 10.8. The molecule has 3 heterocycles. The number of hydrogen-bond donors (Lipinski definition) is 1. The predicted octanol–water partition coefficient (Wildman–Crippen LogP) is 4.64. The predicted molar refractivity (Wildman–Crippen MR) is 119 cm³/mol. The summed E-state index contributed by atoms with van der Waals surface area (Å²) in [5.41, 5.74) is 2.91. The van der Waals surface area contributed by atoms with Crippen LogP contribution in [0.2, 0.25) is 0 Å². The number of rotatable bonds is 4. The summed E-state index contributed by atoms with van der Waals surface area (Å²) >= 11 is 0. The van der Waals surface area contributed by atoms with Gasteiger partial charge in [0, 0.05) is 36.4 Å². The number of aliphatic hydroxyl groups is 1. The van der Waals surface area contributed by atoms with Crippen molar-refractivity contribution in [1.82, 2.24) is 15.0 Å². The molecule has 5 rings (SSSR count). The van der Waals surface area contributed by atoms with E-state index in [1.807, 2.05) is 60.7 Å². The van der Waals surface area contributed by atoms with Crippen LogP contribution in [0.5, 0.6) is 0 Å². The highest BCUT2D eigenvalue weighted by atomic mass is 16.3. The first kappa shape index (κ1) is 18.7. The van der Waals surface area contributed by atoms with E-state index < -0.39 is 6.10 Å². The van der Waals surface area contributed by atoms with E-state index in [0.29, 0.717) is 0 Å². The third-order valence-electron chi connectivity index (χ3n) is 5.95. The normalized spacial score (nSPS) is 16.0. The van der Waals surface area contributed by atoms with Crippen LogP contribution in [0.1, 0.15) is 24.5 Å². The fourth-order valence-electron chi connectivity index (χ4n) is 4.28. The van der Waals surface area contributed by atoms with Gasteiger partial charge in [0.2, 0.25) is 0 Å². The Balaban J connectivity index is 1.43. The van der Waals surface area contributed by atoms with Crippen LogP contribution in [-0.4, -0.2) is 33.1 Å². The first-order valence-corrected chi connectivity index (χ1v) is 10.4.